The molecular weight excluding hydrogens is 376 g/mol. The number of likely N-dealkylation sites (N-methyl/N-ethyl adjacent to an activating group) is 1. The van der Waals surface area contributed by atoms with Crippen molar-refractivity contribution in [2.45, 2.75) is 26.2 Å². The van der Waals surface area contributed by atoms with E-state index in [0.717, 1.165) is 43.7 Å². The molecule has 5 nitrogen and oxygen atoms in total. The van der Waals surface area contributed by atoms with Gasteiger partial charge in [0.15, 0.2) is 0 Å². The number of imide groups is 1. The summed E-state index contributed by atoms with van der Waals surface area (Å²) in [5.41, 5.74) is 3.18. The third-order valence-corrected chi connectivity index (χ3v) is 6.01. The van der Waals surface area contributed by atoms with Gasteiger partial charge in [-0.3, -0.25) is 14.5 Å². The lowest BCUT2D eigenvalue weighted by Gasteiger charge is -2.34. The molecule has 0 bridgehead atoms. The Balaban J connectivity index is 1.54. The molecule has 156 valence electrons. The summed E-state index contributed by atoms with van der Waals surface area (Å²) in [4.78, 5) is 29.1. The quantitative estimate of drug-likeness (QED) is 0.688. The van der Waals surface area contributed by atoms with Crippen molar-refractivity contribution in [3.8, 4) is 5.75 Å². The molecule has 2 aromatic carbocycles. The van der Waals surface area contributed by atoms with Crippen LogP contribution in [0, 0.1) is 5.92 Å². The van der Waals surface area contributed by atoms with E-state index in [9.17, 15) is 9.59 Å². The van der Waals surface area contributed by atoms with Gasteiger partial charge in [0.25, 0.3) is 11.8 Å². The fraction of sp³-hybridized carbons (Fsp3) is 0.360. The number of hydrogen-bond donors (Lipinski definition) is 0. The summed E-state index contributed by atoms with van der Waals surface area (Å²) in [5.74, 6) is 0.925. The Hall–Kier alpha value is -3.08. The monoisotopic (exact) mass is 404 g/mol. The predicted octanol–water partition coefficient (Wildman–Crippen LogP) is 3.75. The Labute approximate surface area is 177 Å². The average molecular weight is 405 g/mol. The Morgan fingerprint density at radius 3 is 2.23 bits per heavy atom. The molecule has 2 aromatic rings. The number of benzene rings is 2. The molecule has 0 radical (unpaired) electrons. The van der Waals surface area contributed by atoms with Crippen molar-refractivity contribution in [1.82, 2.24) is 9.80 Å². The third-order valence-electron chi connectivity index (χ3n) is 6.01. The minimum Gasteiger partial charge on any atom is -0.494 e. The van der Waals surface area contributed by atoms with Crippen LogP contribution >= 0.6 is 0 Å². The number of likely N-dealkylation sites (tertiary alicyclic amines) is 1. The molecule has 0 atom stereocenters. The van der Waals surface area contributed by atoms with Crippen LogP contribution in [0.15, 0.2) is 60.3 Å². The van der Waals surface area contributed by atoms with Gasteiger partial charge in [0.2, 0.25) is 0 Å². The van der Waals surface area contributed by atoms with Gasteiger partial charge in [-0.2, -0.15) is 0 Å². The van der Waals surface area contributed by atoms with Gasteiger partial charge in [-0.1, -0.05) is 42.5 Å². The molecule has 0 saturated carbocycles. The Bertz CT molecular complexity index is 942. The summed E-state index contributed by atoms with van der Waals surface area (Å²) in [6.45, 7) is 4.11. The van der Waals surface area contributed by atoms with E-state index < -0.39 is 0 Å². The molecule has 5 heteroatoms. The molecule has 2 amide bonds. The Morgan fingerprint density at radius 1 is 0.933 bits per heavy atom. The van der Waals surface area contributed by atoms with E-state index in [4.69, 9.17) is 4.74 Å². The van der Waals surface area contributed by atoms with Crippen LogP contribution in [0.3, 0.4) is 0 Å². The number of rotatable bonds is 6. The molecule has 0 N–H and O–H groups in total. The molecule has 1 fully saturated rings. The largest absolute Gasteiger partial charge is 0.494 e. The molecule has 0 unspecified atom stereocenters. The van der Waals surface area contributed by atoms with Crippen molar-refractivity contribution >= 4 is 17.4 Å². The maximum atomic E-state index is 12.9. The van der Waals surface area contributed by atoms with Crippen molar-refractivity contribution in [1.29, 1.82) is 0 Å². The number of amides is 2. The molecule has 0 spiro atoms. The van der Waals surface area contributed by atoms with Crippen LogP contribution in [0.25, 0.3) is 5.57 Å². The molecule has 2 aliphatic heterocycles. The molecule has 30 heavy (non-hydrogen) atoms. The van der Waals surface area contributed by atoms with Crippen molar-refractivity contribution in [3.05, 3.63) is 71.4 Å². The normalized spacial score (nSPS) is 17.8. The van der Waals surface area contributed by atoms with E-state index in [0.29, 0.717) is 23.8 Å². The zero-order valence-corrected chi connectivity index (χ0v) is 17.6. The van der Waals surface area contributed by atoms with Gasteiger partial charge in [-0.25, -0.2) is 0 Å². The molecule has 4 rings (SSSR count). The lowest BCUT2D eigenvalue weighted by atomic mass is 9.89. The molecule has 2 aliphatic rings. The van der Waals surface area contributed by atoms with E-state index in [1.54, 1.807) is 7.05 Å². The summed E-state index contributed by atoms with van der Waals surface area (Å²) in [5, 5.41) is 0. The zero-order valence-electron chi connectivity index (χ0n) is 17.6. The van der Waals surface area contributed by atoms with Gasteiger partial charge < -0.3 is 9.64 Å². The molecule has 0 aromatic heterocycles. The van der Waals surface area contributed by atoms with E-state index in [1.165, 1.54) is 10.5 Å². The van der Waals surface area contributed by atoms with Crippen molar-refractivity contribution in [2.24, 2.45) is 5.92 Å². The summed E-state index contributed by atoms with van der Waals surface area (Å²) in [7, 11) is 1.56. The molecule has 1 saturated heterocycles. The number of nitrogens with zero attached hydrogens (tertiary/aromatic N) is 2. The van der Waals surface area contributed by atoms with Gasteiger partial charge in [0.1, 0.15) is 11.4 Å². The third kappa shape index (κ3) is 3.97. The van der Waals surface area contributed by atoms with Crippen molar-refractivity contribution in [2.75, 3.05) is 26.7 Å². The second kappa shape index (κ2) is 8.74. The first-order valence-corrected chi connectivity index (χ1v) is 10.7. The van der Waals surface area contributed by atoms with Crippen molar-refractivity contribution < 1.29 is 14.3 Å². The second-order valence-corrected chi connectivity index (χ2v) is 7.97. The standard InChI is InChI=1S/C25H28N2O3/c1-3-30-21-11-9-20(10-12-21)22-23(25(29)26(2)24(22)28)27-15-13-19(14-16-27)17-18-7-5-4-6-8-18/h4-12,19H,3,13-17H2,1-2H3. The summed E-state index contributed by atoms with van der Waals surface area (Å²) < 4.78 is 5.51. The van der Waals surface area contributed by atoms with E-state index in [-0.39, 0.29) is 11.8 Å². The van der Waals surface area contributed by atoms with Crippen LogP contribution in [0.5, 0.6) is 5.75 Å². The first kappa shape index (κ1) is 20.2. The summed E-state index contributed by atoms with van der Waals surface area (Å²) in [6, 6.07) is 18.0. The first-order chi connectivity index (χ1) is 14.6. The van der Waals surface area contributed by atoms with Crippen LogP contribution in [0.4, 0.5) is 0 Å². The second-order valence-electron chi connectivity index (χ2n) is 7.97. The van der Waals surface area contributed by atoms with Crippen LogP contribution in [0.1, 0.15) is 30.9 Å². The zero-order chi connectivity index (χ0) is 21.1. The van der Waals surface area contributed by atoms with Crippen molar-refractivity contribution in [3.63, 3.8) is 0 Å². The predicted molar refractivity (Wildman–Crippen MR) is 117 cm³/mol. The first-order valence-electron chi connectivity index (χ1n) is 10.7. The fourth-order valence-corrected chi connectivity index (χ4v) is 4.37. The molecule has 2 heterocycles. The van der Waals surface area contributed by atoms with Crippen LogP contribution in [-0.4, -0.2) is 48.4 Å². The maximum absolute atomic E-state index is 12.9. The number of piperidine rings is 1. The Morgan fingerprint density at radius 2 is 1.60 bits per heavy atom. The average Bonchev–Trinajstić information content (AvgIpc) is 3.00. The van der Waals surface area contributed by atoms with Crippen LogP contribution in [-0.2, 0) is 16.0 Å². The topological polar surface area (TPSA) is 49.9 Å². The Kier molecular flexibility index (Phi) is 5.88. The molecular formula is C25H28N2O3. The minimum atomic E-state index is -0.231. The van der Waals surface area contributed by atoms with E-state index in [2.05, 4.69) is 29.2 Å². The number of ether oxygens (including phenoxy) is 1. The maximum Gasteiger partial charge on any atom is 0.277 e. The van der Waals surface area contributed by atoms with Gasteiger partial charge >= 0.3 is 0 Å². The molecule has 0 aliphatic carbocycles. The number of hydrogen-bond acceptors (Lipinski definition) is 4. The highest BCUT2D eigenvalue weighted by molar-refractivity contribution is 6.35. The highest BCUT2D eigenvalue weighted by Gasteiger charge is 2.40. The SMILES string of the molecule is CCOc1ccc(C2=C(N3CCC(Cc4ccccc4)CC3)C(=O)N(C)C2=O)cc1. The fourth-order valence-electron chi connectivity index (χ4n) is 4.37. The summed E-state index contributed by atoms with van der Waals surface area (Å²) >= 11 is 0. The van der Waals surface area contributed by atoms with E-state index in [1.807, 2.05) is 37.3 Å². The summed E-state index contributed by atoms with van der Waals surface area (Å²) in [6.07, 6.45) is 3.09. The lowest BCUT2D eigenvalue weighted by Crippen LogP contribution is -2.38. The van der Waals surface area contributed by atoms with Crippen LogP contribution in [0.2, 0.25) is 0 Å². The van der Waals surface area contributed by atoms with Gasteiger partial charge in [-0.05, 0) is 55.4 Å². The highest BCUT2D eigenvalue weighted by Crippen LogP contribution is 2.34. The highest BCUT2D eigenvalue weighted by atomic mass is 16.5. The van der Waals surface area contributed by atoms with Gasteiger partial charge in [0.05, 0.1) is 12.2 Å². The number of carbonyl (C=O) groups is 2. The lowest BCUT2D eigenvalue weighted by molar-refractivity contribution is -0.136. The van der Waals surface area contributed by atoms with E-state index >= 15 is 0 Å². The smallest absolute Gasteiger partial charge is 0.277 e. The number of carbonyl (C=O) groups excluding carboxylic acids is 2. The minimum absolute atomic E-state index is 0.203. The van der Waals surface area contributed by atoms with Gasteiger partial charge in [-0.15, -0.1) is 0 Å². The van der Waals surface area contributed by atoms with Gasteiger partial charge in [0, 0.05) is 20.1 Å². The van der Waals surface area contributed by atoms with Crippen LogP contribution < -0.4 is 4.74 Å².